The predicted molar refractivity (Wildman–Crippen MR) is 85.6 cm³/mol. The number of amides is 1. The molecule has 0 aromatic heterocycles. The van der Waals surface area contributed by atoms with Gasteiger partial charge in [-0.1, -0.05) is 45.2 Å². The Balaban J connectivity index is 1.92. The fraction of sp³-hybridized carbons (Fsp3) is 0.0714. The topological polar surface area (TPSA) is 41.1 Å². The summed E-state index contributed by atoms with van der Waals surface area (Å²) >= 11 is 15.2. The highest BCUT2D eigenvalue weighted by Gasteiger charge is 2.30. The molecule has 2 aromatic carbocycles. The molecule has 3 rings (SSSR count). The van der Waals surface area contributed by atoms with Gasteiger partial charge in [0.15, 0.2) is 0 Å². The van der Waals surface area contributed by atoms with Gasteiger partial charge in [-0.3, -0.25) is 4.79 Å². The van der Waals surface area contributed by atoms with Crippen molar-refractivity contribution in [3.05, 3.63) is 56.5 Å². The molecule has 1 amide bonds. The molecule has 1 aliphatic heterocycles. The number of nitrogens with one attached hydrogen (secondary N) is 2. The first-order valence-electron chi connectivity index (χ1n) is 5.86. The van der Waals surface area contributed by atoms with Crippen molar-refractivity contribution in [1.82, 2.24) is 0 Å². The molecule has 20 heavy (non-hydrogen) atoms. The van der Waals surface area contributed by atoms with Crippen molar-refractivity contribution in [3.8, 4) is 0 Å². The van der Waals surface area contributed by atoms with Gasteiger partial charge >= 0.3 is 0 Å². The Morgan fingerprint density at radius 1 is 1.10 bits per heavy atom. The first-order chi connectivity index (χ1) is 9.54. The van der Waals surface area contributed by atoms with E-state index in [1.165, 1.54) is 0 Å². The molecular weight excluding hydrogens is 363 g/mol. The SMILES string of the molecule is O=C1Nc2cc(Br)ccc2C1Nc1ccc(Cl)c(Cl)c1. The van der Waals surface area contributed by atoms with Crippen LogP contribution in [0.5, 0.6) is 0 Å². The van der Waals surface area contributed by atoms with E-state index in [9.17, 15) is 4.79 Å². The van der Waals surface area contributed by atoms with E-state index in [2.05, 4.69) is 26.6 Å². The van der Waals surface area contributed by atoms with Crippen LogP contribution in [-0.4, -0.2) is 5.91 Å². The van der Waals surface area contributed by atoms with Gasteiger partial charge in [0, 0.05) is 21.4 Å². The third kappa shape index (κ3) is 2.51. The number of anilines is 2. The van der Waals surface area contributed by atoms with Crippen molar-refractivity contribution < 1.29 is 4.79 Å². The van der Waals surface area contributed by atoms with Crippen LogP contribution in [0.15, 0.2) is 40.9 Å². The van der Waals surface area contributed by atoms with Gasteiger partial charge in [-0.2, -0.15) is 0 Å². The van der Waals surface area contributed by atoms with Crippen molar-refractivity contribution >= 4 is 56.4 Å². The molecule has 0 saturated heterocycles. The van der Waals surface area contributed by atoms with E-state index >= 15 is 0 Å². The fourth-order valence-electron chi connectivity index (χ4n) is 2.13. The lowest BCUT2D eigenvalue weighted by Gasteiger charge is -2.13. The number of rotatable bonds is 2. The lowest BCUT2D eigenvalue weighted by atomic mass is 10.1. The smallest absolute Gasteiger partial charge is 0.251 e. The Bertz CT molecular complexity index is 706. The molecule has 0 spiro atoms. The lowest BCUT2D eigenvalue weighted by molar-refractivity contribution is -0.116. The minimum absolute atomic E-state index is 0.0934. The van der Waals surface area contributed by atoms with Crippen LogP contribution in [0.3, 0.4) is 0 Å². The molecule has 3 nitrogen and oxygen atoms in total. The molecule has 0 radical (unpaired) electrons. The van der Waals surface area contributed by atoms with Gasteiger partial charge in [0.05, 0.1) is 10.0 Å². The monoisotopic (exact) mass is 370 g/mol. The standard InChI is InChI=1S/C14H9BrCl2N2O/c15-7-1-3-9-12(5-7)19-14(20)13(9)18-8-2-4-10(16)11(17)6-8/h1-6,13,18H,(H,19,20). The maximum Gasteiger partial charge on any atom is 0.251 e. The lowest BCUT2D eigenvalue weighted by Crippen LogP contribution is -2.19. The molecule has 0 bridgehead atoms. The first-order valence-corrected chi connectivity index (χ1v) is 7.41. The minimum atomic E-state index is -0.435. The molecule has 1 heterocycles. The van der Waals surface area contributed by atoms with E-state index in [4.69, 9.17) is 23.2 Å². The molecule has 0 saturated carbocycles. The second-order valence-corrected chi connectivity index (χ2v) is 6.16. The maximum absolute atomic E-state index is 12.1. The maximum atomic E-state index is 12.1. The highest BCUT2D eigenvalue weighted by molar-refractivity contribution is 9.10. The average molecular weight is 372 g/mol. The van der Waals surface area contributed by atoms with E-state index in [1.54, 1.807) is 18.2 Å². The van der Waals surface area contributed by atoms with Crippen LogP contribution in [0.1, 0.15) is 11.6 Å². The van der Waals surface area contributed by atoms with Gasteiger partial charge in [-0.15, -0.1) is 0 Å². The Labute approximate surface area is 134 Å². The van der Waals surface area contributed by atoms with Crippen LogP contribution < -0.4 is 10.6 Å². The highest BCUT2D eigenvalue weighted by atomic mass is 79.9. The third-order valence-corrected chi connectivity index (χ3v) is 4.31. The number of carbonyl (C=O) groups is 1. The van der Waals surface area contributed by atoms with E-state index in [1.807, 2.05) is 18.2 Å². The molecule has 102 valence electrons. The summed E-state index contributed by atoms with van der Waals surface area (Å²) in [5.74, 6) is -0.0934. The van der Waals surface area contributed by atoms with E-state index in [-0.39, 0.29) is 5.91 Å². The van der Waals surface area contributed by atoms with Gasteiger partial charge in [-0.25, -0.2) is 0 Å². The molecule has 0 fully saturated rings. The molecule has 6 heteroatoms. The van der Waals surface area contributed by atoms with Gasteiger partial charge in [0.1, 0.15) is 6.04 Å². The summed E-state index contributed by atoms with van der Waals surface area (Å²) < 4.78 is 0.923. The van der Waals surface area contributed by atoms with E-state index < -0.39 is 6.04 Å². The van der Waals surface area contributed by atoms with Gasteiger partial charge in [-0.05, 0) is 30.3 Å². The van der Waals surface area contributed by atoms with Crippen molar-refractivity contribution in [1.29, 1.82) is 0 Å². The zero-order valence-corrected chi connectivity index (χ0v) is 13.2. The van der Waals surface area contributed by atoms with Crippen LogP contribution in [0.25, 0.3) is 0 Å². The molecule has 2 N–H and O–H groups in total. The van der Waals surface area contributed by atoms with Crippen molar-refractivity contribution in [2.24, 2.45) is 0 Å². The number of carbonyl (C=O) groups excluding carboxylic acids is 1. The fourth-order valence-corrected chi connectivity index (χ4v) is 2.79. The summed E-state index contributed by atoms with van der Waals surface area (Å²) in [7, 11) is 0. The number of hydrogen-bond donors (Lipinski definition) is 2. The Kier molecular flexibility index (Phi) is 3.63. The summed E-state index contributed by atoms with van der Waals surface area (Å²) in [6.07, 6.45) is 0. The number of hydrogen-bond acceptors (Lipinski definition) is 2. The molecule has 0 aliphatic carbocycles. The zero-order valence-electron chi connectivity index (χ0n) is 10.1. The normalized spacial score (nSPS) is 16.8. The van der Waals surface area contributed by atoms with Gasteiger partial charge < -0.3 is 10.6 Å². The average Bonchev–Trinajstić information content (AvgIpc) is 2.69. The summed E-state index contributed by atoms with van der Waals surface area (Å²) in [6, 6.07) is 10.4. The van der Waals surface area contributed by atoms with E-state index in [0.29, 0.717) is 10.0 Å². The molecule has 1 unspecified atom stereocenters. The first kappa shape index (κ1) is 13.7. The second kappa shape index (κ2) is 5.28. The Morgan fingerprint density at radius 3 is 2.65 bits per heavy atom. The van der Waals surface area contributed by atoms with Crippen molar-refractivity contribution in [3.63, 3.8) is 0 Å². The highest BCUT2D eigenvalue weighted by Crippen LogP contribution is 2.36. The van der Waals surface area contributed by atoms with Crippen LogP contribution >= 0.6 is 39.1 Å². The van der Waals surface area contributed by atoms with Gasteiger partial charge in [0.25, 0.3) is 5.91 Å². The van der Waals surface area contributed by atoms with E-state index in [0.717, 1.165) is 21.4 Å². The third-order valence-electron chi connectivity index (χ3n) is 3.08. The summed E-state index contributed by atoms with van der Waals surface area (Å²) in [6.45, 7) is 0. The number of halogens is 3. The molecule has 1 aliphatic rings. The van der Waals surface area contributed by atoms with Crippen molar-refractivity contribution in [2.75, 3.05) is 10.6 Å². The van der Waals surface area contributed by atoms with Crippen LogP contribution in [0, 0.1) is 0 Å². The number of benzene rings is 2. The van der Waals surface area contributed by atoms with Crippen LogP contribution in [-0.2, 0) is 4.79 Å². The molecule has 1 atom stereocenters. The molecular formula is C14H9BrCl2N2O. The summed E-state index contributed by atoms with van der Waals surface area (Å²) in [5, 5.41) is 6.94. The Hall–Kier alpha value is -1.23. The van der Waals surface area contributed by atoms with Gasteiger partial charge in [0.2, 0.25) is 0 Å². The predicted octanol–water partition coefficient (Wildman–Crippen LogP) is 4.86. The van der Waals surface area contributed by atoms with Crippen LogP contribution in [0.4, 0.5) is 11.4 Å². The summed E-state index contributed by atoms with van der Waals surface area (Å²) in [5.41, 5.74) is 2.46. The zero-order chi connectivity index (χ0) is 14.3. The quantitative estimate of drug-likeness (QED) is 0.791. The molecule has 2 aromatic rings. The largest absolute Gasteiger partial charge is 0.370 e. The van der Waals surface area contributed by atoms with Crippen molar-refractivity contribution in [2.45, 2.75) is 6.04 Å². The minimum Gasteiger partial charge on any atom is -0.370 e. The summed E-state index contributed by atoms with van der Waals surface area (Å²) in [4.78, 5) is 12.1. The van der Waals surface area contributed by atoms with Crippen LogP contribution in [0.2, 0.25) is 10.0 Å². The Morgan fingerprint density at radius 2 is 1.90 bits per heavy atom. The second-order valence-electron chi connectivity index (χ2n) is 4.43. The number of fused-ring (bicyclic) bond motifs is 1.